The van der Waals surface area contributed by atoms with Crippen molar-refractivity contribution in [2.45, 2.75) is 64.2 Å². The molecule has 0 spiro atoms. The lowest BCUT2D eigenvalue weighted by Crippen LogP contribution is -2.35. The van der Waals surface area contributed by atoms with Crippen LogP contribution < -0.4 is 18.4 Å². The predicted molar refractivity (Wildman–Crippen MR) is 331 cm³/mol. The van der Waals surface area contributed by atoms with Crippen LogP contribution >= 0.6 is 0 Å². The van der Waals surface area contributed by atoms with Gasteiger partial charge in [0.15, 0.2) is 23.1 Å². The van der Waals surface area contributed by atoms with E-state index in [9.17, 15) is 44.0 Å². The van der Waals surface area contributed by atoms with Crippen LogP contribution in [-0.4, -0.2) is 91.2 Å². The molecule has 2 aliphatic rings. The number of halogens is 4. The molecule has 22 heteroatoms. The van der Waals surface area contributed by atoms with Crippen molar-refractivity contribution in [1.82, 2.24) is 9.97 Å². The van der Waals surface area contributed by atoms with Crippen molar-refractivity contribution in [3.8, 4) is 45.3 Å². The van der Waals surface area contributed by atoms with E-state index < -0.39 is 31.7 Å². The molecule has 0 amide bonds. The van der Waals surface area contributed by atoms with Crippen LogP contribution in [0.5, 0.6) is 0 Å². The molecule has 88 heavy (non-hydrogen) atoms. The number of anilines is 4. The van der Waals surface area contributed by atoms with Gasteiger partial charge in [-0.05, 0) is 146 Å². The van der Waals surface area contributed by atoms with E-state index in [0.717, 1.165) is 49.3 Å². The van der Waals surface area contributed by atoms with Gasteiger partial charge in [0.05, 0.1) is 47.4 Å². The maximum atomic E-state index is 13.7. The van der Waals surface area contributed by atoms with Gasteiger partial charge in [0.1, 0.15) is 46.0 Å². The molecule has 2 saturated heterocycles. The third-order valence-electron chi connectivity index (χ3n) is 16.3. The van der Waals surface area contributed by atoms with Crippen LogP contribution in [0.3, 0.4) is 0 Å². The molecule has 2 atom stereocenters. The van der Waals surface area contributed by atoms with E-state index in [4.69, 9.17) is 17.7 Å². The van der Waals surface area contributed by atoms with Crippen LogP contribution in [0, 0.1) is 23.3 Å². The van der Waals surface area contributed by atoms with Gasteiger partial charge in [-0.25, -0.2) is 44.4 Å². The SMILES string of the molecule is CCC(=O)c1c(-c2ccc(F)cc2)oc2cc(N(C)S(C)(=O)=O)c([C@@H]3CCCN(c4ncc(-c5ccc(F)cc5)o4)C3)cc12.CCC(=O)c1c(-c2ccc(F)cc2)oc2cc(N(C)S(C)(=O)=O)c([C@H]3CCCN(c4ncc(-c5ccc(F)cc5)o4)C3)cc12. The lowest BCUT2D eigenvalue weighted by atomic mass is 9.88. The predicted octanol–water partition coefficient (Wildman–Crippen LogP) is 14.8. The highest BCUT2D eigenvalue weighted by Crippen LogP contribution is 2.45. The van der Waals surface area contributed by atoms with Gasteiger partial charge in [-0.15, -0.1) is 0 Å². The molecule has 4 aromatic heterocycles. The molecule has 6 heterocycles. The molecule has 0 bridgehead atoms. The second-order valence-corrected chi connectivity index (χ2v) is 26.1. The van der Waals surface area contributed by atoms with E-state index in [1.54, 1.807) is 86.9 Å². The molecule has 0 aliphatic carbocycles. The summed E-state index contributed by atoms with van der Waals surface area (Å²) in [5.74, 6) is -0.416. The van der Waals surface area contributed by atoms with Crippen molar-refractivity contribution >= 4 is 77.0 Å². The molecule has 2 aliphatic heterocycles. The number of ketones is 2. The zero-order chi connectivity index (χ0) is 62.3. The number of sulfonamides is 2. The fourth-order valence-corrected chi connectivity index (χ4v) is 12.5. The Morgan fingerprint density at radius 3 is 1.16 bits per heavy atom. The highest BCUT2D eigenvalue weighted by atomic mass is 32.2. The normalized spacial score (nSPS) is 15.6. The Bertz CT molecular complexity index is 4190. The smallest absolute Gasteiger partial charge is 0.297 e. The average molecular weight is 1240 g/mol. The zero-order valence-corrected chi connectivity index (χ0v) is 50.7. The number of Topliss-reactive ketones (excluding diaryl/α,β-unsaturated/α-hetero) is 2. The van der Waals surface area contributed by atoms with Gasteiger partial charge in [0.2, 0.25) is 20.0 Å². The number of oxazole rings is 2. The van der Waals surface area contributed by atoms with E-state index >= 15 is 0 Å². The Labute approximate surface area is 506 Å². The minimum Gasteiger partial charge on any atom is -0.455 e. The molecule has 10 aromatic rings. The Morgan fingerprint density at radius 1 is 0.511 bits per heavy atom. The van der Waals surface area contributed by atoms with Gasteiger partial charge >= 0.3 is 0 Å². The van der Waals surface area contributed by atoms with E-state index in [1.807, 2.05) is 21.9 Å². The summed E-state index contributed by atoms with van der Waals surface area (Å²) in [6.07, 6.45) is 9.01. The fraction of sp³-hybridized carbons (Fsp3) is 0.273. The van der Waals surface area contributed by atoms with Crippen molar-refractivity contribution in [1.29, 1.82) is 0 Å². The van der Waals surface area contributed by atoms with Gasteiger partial charge in [-0.3, -0.25) is 18.2 Å². The van der Waals surface area contributed by atoms with Gasteiger partial charge in [-0.1, -0.05) is 13.8 Å². The monoisotopic (exact) mass is 1240 g/mol. The molecule has 16 nitrogen and oxygen atoms in total. The van der Waals surface area contributed by atoms with E-state index in [0.29, 0.717) is 128 Å². The minimum absolute atomic E-state index is 0.137. The summed E-state index contributed by atoms with van der Waals surface area (Å²) in [4.78, 5) is 39.6. The molecular weight excluding hydrogens is 1180 g/mol. The molecule has 456 valence electrons. The van der Waals surface area contributed by atoms with Gasteiger partial charge in [0, 0.05) is 110 Å². The van der Waals surface area contributed by atoms with Crippen LogP contribution in [0.15, 0.2) is 151 Å². The Kier molecular flexibility index (Phi) is 17.0. The third kappa shape index (κ3) is 12.4. The quantitative estimate of drug-likeness (QED) is 0.0655. The number of hydrogen-bond acceptors (Lipinski definition) is 14. The van der Waals surface area contributed by atoms with E-state index in [-0.39, 0.29) is 47.9 Å². The maximum absolute atomic E-state index is 13.7. The summed E-state index contributed by atoms with van der Waals surface area (Å²) < 4.78 is 132. The maximum Gasteiger partial charge on any atom is 0.297 e. The number of carbonyl (C=O) groups is 2. The van der Waals surface area contributed by atoms with Crippen molar-refractivity contribution in [3.05, 3.63) is 179 Å². The molecule has 6 aromatic carbocycles. The molecule has 0 N–H and O–H groups in total. The molecule has 2 fully saturated rings. The van der Waals surface area contributed by atoms with Crippen LogP contribution in [0.4, 0.5) is 41.0 Å². The first kappa shape index (κ1) is 60.7. The summed E-state index contributed by atoms with van der Waals surface area (Å²) >= 11 is 0. The lowest BCUT2D eigenvalue weighted by Gasteiger charge is -2.34. The number of aromatic nitrogens is 2. The molecule has 0 unspecified atom stereocenters. The standard InChI is InChI=1S/2C33H31F2N3O5S/c2*1-4-28(39)31-26-16-25(22-6-5-15-38(19-22)33-36-18-30(43-33)20-7-11-23(34)12-8-20)27(37(2)44(3,40)41)17-29(26)42-32(31)21-9-13-24(35)14-10-21/h2*7-14,16-18,22H,4-6,15,19H2,1-3H3/t2*22-/m10/s1. The van der Waals surface area contributed by atoms with Gasteiger partial charge < -0.3 is 27.5 Å². The Hall–Kier alpha value is -9.02. The molecular formula is C66H62F4N6O10S2. The third-order valence-corrected chi connectivity index (χ3v) is 18.7. The summed E-state index contributed by atoms with van der Waals surface area (Å²) in [7, 11) is -4.32. The second kappa shape index (κ2) is 24.6. The first-order valence-corrected chi connectivity index (χ1v) is 32.4. The highest BCUT2D eigenvalue weighted by molar-refractivity contribution is 7.92. The average Bonchev–Trinajstić information content (AvgIpc) is 1.78. The first-order chi connectivity index (χ1) is 42.1. The van der Waals surface area contributed by atoms with E-state index in [1.165, 1.54) is 71.2 Å². The number of fused-ring (bicyclic) bond motifs is 2. The molecule has 0 saturated carbocycles. The second-order valence-electron chi connectivity index (χ2n) is 22.1. The summed E-state index contributed by atoms with van der Waals surface area (Å²) in [5, 5.41) is 1.15. The number of nitrogens with zero attached hydrogens (tertiary/aromatic N) is 6. The van der Waals surface area contributed by atoms with Gasteiger partial charge in [-0.2, -0.15) is 0 Å². The number of rotatable bonds is 16. The Morgan fingerprint density at radius 2 is 0.841 bits per heavy atom. The number of furan rings is 2. The highest BCUT2D eigenvalue weighted by Gasteiger charge is 2.34. The van der Waals surface area contributed by atoms with Gasteiger partial charge in [0.25, 0.3) is 12.0 Å². The molecule has 12 rings (SSSR count). The van der Waals surface area contributed by atoms with Crippen LogP contribution in [0.2, 0.25) is 0 Å². The van der Waals surface area contributed by atoms with Crippen molar-refractivity contribution in [2.75, 3.05) is 71.2 Å². The first-order valence-electron chi connectivity index (χ1n) is 28.7. The number of benzene rings is 6. The minimum atomic E-state index is -3.65. The lowest BCUT2D eigenvalue weighted by molar-refractivity contribution is 0.0981. The van der Waals surface area contributed by atoms with E-state index in [2.05, 4.69) is 9.97 Å². The van der Waals surface area contributed by atoms with Crippen molar-refractivity contribution < 1.29 is 61.7 Å². The fourth-order valence-electron chi connectivity index (χ4n) is 11.5. The van der Waals surface area contributed by atoms with Crippen molar-refractivity contribution in [2.24, 2.45) is 0 Å². The summed E-state index contributed by atoms with van der Waals surface area (Å²) in [5.41, 5.74) is 6.36. The van der Waals surface area contributed by atoms with Crippen LogP contribution in [0.25, 0.3) is 67.2 Å². The van der Waals surface area contributed by atoms with Crippen LogP contribution in [-0.2, 0) is 20.0 Å². The zero-order valence-electron chi connectivity index (χ0n) is 49.0. The summed E-state index contributed by atoms with van der Waals surface area (Å²) in [6, 6.07) is 31.3. The van der Waals surface area contributed by atoms with Crippen LogP contribution in [0.1, 0.15) is 96.1 Å². The topological polar surface area (TPSA) is 194 Å². The summed E-state index contributed by atoms with van der Waals surface area (Å²) in [6.45, 7) is 5.85. The largest absolute Gasteiger partial charge is 0.455 e. The number of hydrogen-bond donors (Lipinski definition) is 0. The molecule has 0 radical (unpaired) electrons. The number of piperidine rings is 2. The van der Waals surface area contributed by atoms with Crippen molar-refractivity contribution in [3.63, 3.8) is 0 Å². The number of carbonyl (C=O) groups excluding carboxylic acids is 2. The Balaban J connectivity index is 0.000000182.